The Kier molecular flexibility index (Phi) is 4.84. The molecule has 2 aliphatic carbocycles. The van der Waals surface area contributed by atoms with Gasteiger partial charge in [0, 0.05) is 0 Å². The molecule has 24 heavy (non-hydrogen) atoms. The van der Waals surface area contributed by atoms with Crippen molar-refractivity contribution in [3.8, 4) is 0 Å². The number of fused-ring (bicyclic) bond motifs is 5. The number of hydrogen-bond donors (Lipinski definition) is 0. The third kappa shape index (κ3) is 2.44. The van der Waals surface area contributed by atoms with Crippen molar-refractivity contribution in [2.24, 2.45) is 4.99 Å². The van der Waals surface area contributed by atoms with Gasteiger partial charge in [-0.15, -0.1) is 24.8 Å². The first-order valence-corrected chi connectivity index (χ1v) is 8.71. The van der Waals surface area contributed by atoms with Crippen molar-refractivity contribution in [2.45, 2.75) is 6.42 Å². The van der Waals surface area contributed by atoms with Crippen LogP contribution in [0.25, 0.3) is 17.2 Å². The molecule has 4 heteroatoms. The molecule has 0 aromatic heterocycles. The molecule has 117 valence electrons. The average molecular weight is 430 g/mol. The Morgan fingerprint density at radius 2 is 1.62 bits per heavy atom. The topological polar surface area (TPSA) is 12.4 Å². The van der Waals surface area contributed by atoms with Crippen molar-refractivity contribution < 1.29 is 24.7 Å². The minimum absolute atomic E-state index is 0. The second kappa shape index (κ2) is 6.60. The Hall–Kier alpha value is -1.21. The Morgan fingerprint density at radius 3 is 2.42 bits per heavy atom. The minimum atomic E-state index is 0. The van der Waals surface area contributed by atoms with Crippen LogP contribution in [0.4, 0.5) is 5.69 Å². The molecule has 0 radical (unpaired) electrons. The van der Waals surface area contributed by atoms with Gasteiger partial charge in [0.2, 0.25) is 0 Å². The van der Waals surface area contributed by atoms with E-state index >= 15 is 0 Å². The van der Waals surface area contributed by atoms with E-state index in [-0.39, 0.29) is 24.8 Å². The number of hydrogen-bond acceptors (Lipinski definition) is 1. The van der Waals surface area contributed by atoms with Gasteiger partial charge in [-0.1, -0.05) is 0 Å². The molecular formula is C20H14Cl2NZr. The number of aliphatic imine (C=N–C) groups is 1. The van der Waals surface area contributed by atoms with Crippen LogP contribution in [0.15, 0.2) is 62.9 Å². The van der Waals surface area contributed by atoms with E-state index in [9.17, 15) is 0 Å². The fourth-order valence-corrected chi connectivity index (χ4v) is 4.35. The van der Waals surface area contributed by atoms with Gasteiger partial charge < -0.3 is 0 Å². The van der Waals surface area contributed by atoms with Crippen LogP contribution in [0.1, 0.15) is 28.7 Å². The van der Waals surface area contributed by atoms with Crippen LogP contribution in [-0.4, -0.2) is 5.71 Å². The number of halogens is 2. The summed E-state index contributed by atoms with van der Waals surface area (Å²) in [5, 5.41) is 0. The Bertz CT molecular complexity index is 967. The zero-order valence-corrected chi connectivity index (χ0v) is 16.8. The molecule has 0 atom stereocenters. The standard InChI is InChI=1S/C20H12N.2ClH.Zr/c1-2-7-13(6-1)14-9-5-10-16-17(14)12-18-15-8-3-4-11-19(15)21-20(16)18;;;/h1,3-6,8-12H,2H2;2*1H;. The van der Waals surface area contributed by atoms with E-state index in [1.165, 1.54) is 58.1 Å². The molecule has 0 saturated heterocycles. The third-order valence-corrected chi connectivity index (χ3v) is 5.72. The van der Waals surface area contributed by atoms with E-state index < -0.39 is 0 Å². The molecule has 2 aromatic carbocycles. The van der Waals surface area contributed by atoms with Gasteiger partial charge in [-0.25, -0.2) is 0 Å². The first-order chi connectivity index (χ1) is 10.8. The third-order valence-electron chi connectivity index (χ3n) is 4.55. The van der Waals surface area contributed by atoms with Crippen LogP contribution in [-0.2, 0) is 24.7 Å². The van der Waals surface area contributed by atoms with E-state index in [1.54, 1.807) is 3.28 Å². The van der Waals surface area contributed by atoms with Crippen molar-refractivity contribution in [3.63, 3.8) is 0 Å². The quantitative estimate of drug-likeness (QED) is 0.547. The Balaban J connectivity index is 0.000000845. The van der Waals surface area contributed by atoms with Gasteiger partial charge in [0.15, 0.2) is 0 Å². The van der Waals surface area contributed by atoms with Crippen LogP contribution in [0.2, 0.25) is 0 Å². The molecule has 0 amide bonds. The summed E-state index contributed by atoms with van der Waals surface area (Å²) in [5.41, 5.74) is 10.2. The molecule has 3 aliphatic rings. The molecule has 2 aromatic rings. The number of rotatable bonds is 1. The van der Waals surface area contributed by atoms with Gasteiger partial charge in [0.05, 0.1) is 0 Å². The van der Waals surface area contributed by atoms with E-state index in [1.807, 2.05) is 0 Å². The SMILES string of the molecule is Cl.Cl.[Zr][C]1=C(c2cccc3c2C=C2C3=Nc3ccccc32)C=CC1. The molecular weight excluding hydrogens is 416 g/mol. The van der Waals surface area contributed by atoms with Gasteiger partial charge in [-0.2, -0.15) is 0 Å². The average Bonchev–Trinajstić information content (AvgIpc) is 3.20. The molecule has 1 heterocycles. The van der Waals surface area contributed by atoms with Crippen molar-refractivity contribution in [1.82, 2.24) is 0 Å². The zero-order valence-electron chi connectivity index (χ0n) is 12.7. The van der Waals surface area contributed by atoms with Gasteiger partial charge in [-0.3, -0.25) is 0 Å². The van der Waals surface area contributed by atoms with Crippen LogP contribution >= 0.6 is 24.8 Å². The first-order valence-electron chi connectivity index (χ1n) is 7.48. The van der Waals surface area contributed by atoms with Gasteiger partial charge in [0.1, 0.15) is 0 Å². The Labute approximate surface area is 168 Å². The summed E-state index contributed by atoms with van der Waals surface area (Å²) in [5.74, 6) is 0. The summed E-state index contributed by atoms with van der Waals surface area (Å²) in [7, 11) is 0. The monoisotopic (exact) mass is 428 g/mol. The van der Waals surface area contributed by atoms with Gasteiger partial charge in [0.25, 0.3) is 0 Å². The molecule has 0 fully saturated rings. The molecule has 0 saturated carbocycles. The molecule has 0 N–H and O–H groups in total. The fourth-order valence-electron chi connectivity index (χ4n) is 3.52. The summed E-state index contributed by atoms with van der Waals surface area (Å²) in [6, 6.07) is 15.0. The fraction of sp³-hybridized carbons (Fsp3) is 0.0500. The number of para-hydroxylation sites is 1. The van der Waals surface area contributed by atoms with Crippen molar-refractivity contribution in [1.29, 1.82) is 0 Å². The second-order valence-electron chi connectivity index (χ2n) is 5.80. The van der Waals surface area contributed by atoms with Gasteiger partial charge in [-0.05, 0) is 0 Å². The number of nitrogens with zero attached hydrogens (tertiary/aromatic N) is 1. The predicted molar refractivity (Wildman–Crippen MR) is 102 cm³/mol. The molecule has 0 unspecified atom stereocenters. The normalized spacial score (nSPS) is 15.8. The Morgan fingerprint density at radius 1 is 0.875 bits per heavy atom. The van der Waals surface area contributed by atoms with Crippen LogP contribution < -0.4 is 0 Å². The molecule has 0 spiro atoms. The molecule has 1 nitrogen and oxygen atoms in total. The van der Waals surface area contributed by atoms with Crippen molar-refractivity contribution in [3.05, 3.63) is 80.2 Å². The second-order valence-corrected chi connectivity index (χ2v) is 7.28. The summed E-state index contributed by atoms with van der Waals surface area (Å²) in [6.45, 7) is 0. The maximum absolute atomic E-state index is 4.86. The van der Waals surface area contributed by atoms with E-state index in [4.69, 9.17) is 4.99 Å². The van der Waals surface area contributed by atoms with E-state index in [0.717, 1.165) is 17.8 Å². The van der Waals surface area contributed by atoms with Gasteiger partial charge >= 0.3 is 145 Å². The summed E-state index contributed by atoms with van der Waals surface area (Å²) < 4.78 is 1.54. The molecule has 0 bridgehead atoms. The number of allylic oxidation sites excluding steroid dienone is 5. The van der Waals surface area contributed by atoms with Crippen molar-refractivity contribution >= 4 is 53.4 Å². The summed E-state index contributed by atoms with van der Waals surface area (Å²) in [6.07, 6.45) is 7.99. The van der Waals surface area contributed by atoms with E-state index in [0.29, 0.717) is 0 Å². The summed E-state index contributed by atoms with van der Waals surface area (Å²) in [4.78, 5) is 4.86. The predicted octanol–water partition coefficient (Wildman–Crippen LogP) is 5.74. The molecule has 5 rings (SSSR count). The number of benzene rings is 2. The van der Waals surface area contributed by atoms with E-state index in [2.05, 4.69) is 60.7 Å². The maximum atomic E-state index is 4.86. The zero-order chi connectivity index (χ0) is 14.7. The first kappa shape index (κ1) is 17.6. The van der Waals surface area contributed by atoms with Crippen LogP contribution in [0.5, 0.6) is 0 Å². The van der Waals surface area contributed by atoms with Crippen LogP contribution in [0.3, 0.4) is 0 Å². The molecule has 1 aliphatic heterocycles. The van der Waals surface area contributed by atoms with Crippen molar-refractivity contribution in [2.75, 3.05) is 0 Å². The van der Waals surface area contributed by atoms with Crippen LogP contribution in [0, 0.1) is 0 Å². The summed E-state index contributed by atoms with van der Waals surface area (Å²) >= 11 is 1.52.